The smallest absolute Gasteiger partial charge is 0.170 e. The SMILES string of the molecule is C/C=C/Cc1c(-c2ccccc2)noc1-c1ccccc1. The van der Waals surface area contributed by atoms with Crippen LogP contribution in [0, 0.1) is 0 Å². The first-order valence-corrected chi connectivity index (χ1v) is 7.10. The first kappa shape index (κ1) is 13.4. The van der Waals surface area contributed by atoms with Gasteiger partial charge in [0.25, 0.3) is 0 Å². The van der Waals surface area contributed by atoms with Crippen molar-refractivity contribution < 1.29 is 4.52 Å². The van der Waals surface area contributed by atoms with Crippen molar-refractivity contribution >= 4 is 0 Å². The van der Waals surface area contributed by atoms with E-state index >= 15 is 0 Å². The Hall–Kier alpha value is -2.61. The van der Waals surface area contributed by atoms with Crippen molar-refractivity contribution in [2.24, 2.45) is 0 Å². The molecule has 0 aliphatic carbocycles. The largest absolute Gasteiger partial charge is 0.355 e. The Balaban J connectivity index is 2.12. The molecule has 104 valence electrons. The standard InChI is InChI=1S/C19H17NO/c1-2-3-14-17-18(15-10-6-4-7-11-15)20-21-19(17)16-12-8-5-9-13-16/h2-13H,14H2,1H3/b3-2+. The molecule has 0 aliphatic heterocycles. The van der Waals surface area contributed by atoms with E-state index < -0.39 is 0 Å². The van der Waals surface area contributed by atoms with Gasteiger partial charge in [0.2, 0.25) is 0 Å². The molecular weight excluding hydrogens is 258 g/mol. The molecule has 0 fully saturated rings. The fourth-order valence-corrected chi connectivity index (χ4v) is 2.37. The number of hydrogen-bond acceptors (Lipinski definition) is 2. The maximum Gasteiger partial charge on any atom is 0.170 e. The molecule has 2 aromatic carbocycles. The fraction of sp³-hybridized carbons (Fsp3) is 0.105. The van der Waals surface area contributed by atoms with Crippen LogP contribution in [0.2, 0.25) is 0 Å². The van der Waals surface area contributed by atoms with E-state index in [1.807, 2.05) is 43.3 Å². The van der Waals surface area contributed by atoms with Gasteiger partial charge in [0.05, 0.1) is 0 Å². The molecule has 1 heterocycles. The summed E-state index contributed by atoms with van der Waals surface area (Å²) in [7, 11) is 0. The maximum absolute atomic E-state index is 5.65. The molecule has 1 aromatic heterocycles. The lowest BCUT2D eigenvalue weighted by atomic mass is 10.00. The van der Waals surface area contributed by atoms with Crippen LogP contribution in [0.15, 0.2) is 77.3 Å². The third-order valence-corrected chi connectivity index (χ3v) is 3.43. The van der Waals surface area contributed by atoms with Gasteiger partial charge in [0.1, 0.15) is 5.69 Å². The third-order valence-electron chi connectivity index (χ3n) is 3.43. The lowest BCUT2D eigenvalue weighted by molar-refractivity contribution is 0.434. The molecular formula is C19H17NO. The van der Waals surface area contributed by atoms with Gasteiger partial charge in [-0.2, -0.15) is 0 Å². The van der Waals surface area contributed by atoms with Gasteiger partial charge in [-0.15, -0.1) is 0 Å². The molecule has 0 N–H and O–H groups in total. The molecule has 0 radical (unpaired) electrons. The fourth-order valence-electron chi connectivity index (χ4n) is 2.37. The molecule has 0 aliphatic rings. The van der Waals surface area contributed by atoms with Gasteiger partial charge in [-0.25, -0.2) is 0 Å². The summed E-state index contributed by atoms with van der Waals surface area (Å²) in [5.41, 5.74) is 4.20. The molecule has 21 heavy (non-hydrogen) atoms. The van der Waals surface area contributed by atoms with E-state index in [9.17, 15) is 0 Å². The third kappa shape index (κ3) is 2.79. The van der Waals surface area contributed by atoms with Gasteiger partial charge in [-0.1, -0.05) is 78.0 Å². The summed E-state index contributed by atoms with van der Waals surface area (Å²) in [6.45, 7) is 2.03. The second kappa shape index (κ2) is 6.23. The van der Waals surface area contributed by atoms with E-state index in [0.717, 1.165) is 34.6 Å². The van der Waals surface area contributed by atoms with Gasteiger partial charge >= 0.3 is 0 Å². The molecule has 0 spiro atoms. The van der Waals surface area contributed by atoms with Crippen LogP contribution in [0.1, 0.15) is 12.5 Å². The highest BCUT2D eigenvalue weighted by Crippen LogP contribution is 2.32. The van der Waals surface area contributed by atoms with E-state index in [1.165, 1.54) is 0 Å². The Labute approximate surface area is 124 Å². The van der Waals surface area contributed by atoms with E-state index in [1.54, 1.807) is 0 Å². The topological polar surface area (TPSA) is 26.0 Å². The number of aromatic nitrogens is 1. The molecule has 0 atom stereocenters. The zero-order valence-electron chi connectivity index (χ0n) is 12.0. The summed E-state index contributed by atoms with van der Waals surface area (Å²) in [4.78, 5) is 0. The predicted molar refractivity (Wildman–Crippen MR) is 85.9 cm³/mol. The Morgan fingerprint density at radius 3 is 2.14 bits per heavy atom. The van der Waals surface area contributed by atoms with Crippen molar-refractivity contribution in [1.82, 2.24) is 5.16 Å². The van der Waals surface area contributed by atoms with Crippen LogP contribution in [0.25, 0.3) is 22.6 Å². The number of nitrogens with zero attached hydrogens (tertiary/aromatic N) is 1. The molecule has 0 amide bonds. The van der Waals surface area contributed by atoms with Crippen molar-refractivity contribution in [2.45, 2.75) is 13.3 Å². The summed E-state index contributed by atoms with van der Waals surface area (Å²) in [5, 5.41) is 4.31. The summed E-state index contributed by atoms with van der Waals surface area (Å²) < 4.78 is 5.65. The van der Waals surface area contributed by atoms with E-state index in [0.29, 0.717) is 0 Å². The molecule has 0 saturated carbocycles. The van der Waals surface area contributed by atoms with Crippen molar-refractivity contribution in [3.05, 3.63) is 78.4 Å². The lowest BCUT2D eigenvalue weighted by Gasteiger charge is -2.02. The number of rotatable bonds is 4. The normalized spacial score (nSPS) is 11.1. The maximum atomic E-state index is 5.65. The zero-order valence-corrected chi connectivity index (χ0v) is 12.0. The average molecular weight is 275 g/mol. The Morgan fingerprint density at radius 1 is 0.905 bits per heavy atom. The van der Waals surface area contributed by atoms with Crippen LogP contribution in [0.3, 0.4) is 0 Å². The number of hydrogen-bond donors (Lipinski definition) is 0. The minimum atomic E-state index is 0.814. The molecule has 3 rings (SSSR count). The summed E-state index contributed by atoms with van der Waals surface area (Å²) >= 11 is 0. The van der Waals surface area contributed by atoms with Crippen molar-refractivity contribution in [3.63, 3.8) is 0 Å². The van der Waals surface area contributed by atoms with Crippen LogP contribution in [-0.2, 0) is 6.42 Å². The lowest BCUT2D eigenvalue weighted by Crippen LogP contribution is -1.88. The van der Waals surface area contributed by atoms with Crippen molar-refractivity contribution in [3.8, 4) is 22.6 Å². The van der Waals surface area contributed by atoms with Gasteiger partial charge in [0.15, 0.2) is 5.76 Å². The summed E-state index contributed by atoms with van der Waals surface area (Å²) in [6.07, 6.45) is 5.00. The van der Waals surface area contributed by atoms with E-state index in [2.05, 4.69) is 41.6 Å². The number of benzene rings is 2. The minimum Gasteiger partial charge on any atom is -0.355 e. The van der Waals surface area contributed by atoms with Gasteiger partial charge in [-0.05, 0) is 13.3 Å². The van der Waals surface area contributed by atoms with Crippen LogP contribution in [-0.4, -0.2) is 5.16 Å². The van der Waals surface area contributed by atoms with Crippen molar-refractivity contribution in [2.75, 3.05) is 0 Å². The van der Waals surface area contributed by atoms with E-state index in [4.69, 9.17) is 4.52 Å². The molecule has 2 heteroatoms. The first-order valence-electron chi connectivity index (χ1n) is 7.10. The highest BCUT2D eigenvalue weighted by atomic mass is 16.5. The second-order valence-electron chi connectivity index (χ2n) is 4.84. The summed E-state index contributed by atoms with van der Waals surface area (Å²) in [6, 6.07) is 20.3. The highest BCUT2D eigenvalue weighted by Gasteiger charge is 2.17. The molecule has 0 bridgehead atoms. The minimum absolute atomic E-state index is 0.814. The Bertz CT molecular complexity index is 670. The van der Waals surface area contributed by atoms with Crippen LogP contribution >= 0.6 is 0 Å². The predicted octanol–water partition coefficient (Wildman–Crippen LogP) is 5.13. The van der Waals surface area contributed by atoms with Crippen LogP contribution in [0.5, 0.6) is 0 Å². The van der Waals surface area contributed by atoms with Gasteiger partial charge in [-0.3, -0.25) is 0 Å². The van der Waals surface area contributed by atoms with E-state index in [-0.39, 0.29) is 0 Å². The van der Waals surface area contributed by atoms with Crippen LogP contribution in [0.4, 0.5) is 0 Å². The quantitative estimate of drug-likeness (QED) is 0.617. The molecule has 0 saturated heterocycles. The second-order valence-corrected chi connectivity index (χ2v) is 4.84. The highest BCUT2D eigenvalue weighted by molar-refractivity contribution is 5.72. The Morgan fingerprint density at radius 2 is 1.52 bits per heavy atom. The summed E-state index contributed by atoms with van der Waals surface area (Å²) in [5.74, 6) is 0.854. The first-order chi connectivity index (χ1) is 10.4. The molecule has 2 nitrogen and oxygen atoms in total. The number of allylic oxidation sites excluding steroid dienone is 2. The molecule has 0 unspecified atom stereocenters. The molecule has 3 aromatic rings. The van der Waals surface area contributed by atoms with Gasteiger partial charge in [0, 0.05) is 16.7 Å². The van der Waals surface area contributed by atoms with Crippen molar-refractivity contribution in [1.29, 1.82) is 0 Å². The van der Waals surface area contributed by atoms with Gasteiger partial charge < -0.3 is 4.52 Å². The van der Waals surface area contributed by atoms with Crippen LogP contribution < -0.4 is 0 Å². The average Bonchev–Trinajstić information content (AvgIpc) is 2.98. The zero-order chi connectivity index (χ0) is 14.5. The Kier molecular flexibility index (Phi) is 3.97. The monoisotopic (exact) mass is 275 g/mol.